The average molecular weight is 255 g/mol. The third kappa shape index (κ3) is 1.66. The molecule has 1 aromatic carbocycles. The van der Waals surface area contributed by atoms with E-state index < -0.39 is 0 Å². The summed E-state index contributed by atoms with van der Waals surface area (Å²) in [5.74, 6) is 1.64. The Morgan fingerprint density at radius 1 is 1.21 bits per heavy atom. The highest BCUT2D eigenvalue weighted by atomic mass is 16.5. The van der Waals surface area contributed by atoms with Gasteiger partial charge in [-0.25, -0.2) is 9.97 Å². The molecule has 0 bridgehead atoms. The molecule has 1 aliphatic carbocycles. The highest BCUT2D eigenvalue weighted by Gasteiger charge is 2.52. The molecule has 96 valence electrons. The quantitative estimate of drug-likeness (QED) is 0.892. The molecule has 4 rings (SSSR count). The smallest absolute Gasteiger partial charge is 0.237 e. The van der Waals surface area contributed by atoms with Crippen molar-refractivity contribution in [3.8, 4) is 11.6 Å². The molecule has 1 saturated carbocycles. The molecule has 0 unspecified atom stereocenters. The summed E-state index contributed by atoms with van der Waals surface area (Å²) in [4.78, 5) is 8.10. The Hall–Kier alpha value is -2.14. The number of benzene rings is 1. The average Bonchev–Trinajstić information content (AvgIpc) is 3.10. The molecular formula is C14H13N3O2. The first-order valence-electron chi connectivity index (χ1n) is 6.29. The highest BCUT2D eigenvalue weighted by molar-refractivity contribution is 5.50. The van der Waals surface area contributed by atoms with Crippen molar-refractivity contribution in [1.82, 2.24) is 9.97 Å². The molecule has 1 fully saturated rings. The highest BCUT2D eigenvalue weighted by Crippen LogP contribution is 2.57. The van der Waals surface area contributed by atoms with Gasteiger partial charge in [0.05, 0.1) is 24.6 Å². The molecule has 1 aliphatic heterocycles. The van der Waals surface area contributed by atoms with Crippen molar-refractivity contribution in [2.75, 3.05) is 5.73 Å². The summed E-state index contributed by atoms with van der Waals surface area (Å²) in [6.07, 6.45) is 5.15. The monoisotopic (exact) mass is 255 g/mol. The molecule has 5 heteroatoms. The molecule has 0 saturated heterocycles. The van der Waals surface area contributed by atoms with Crippen LogP contribution in [0.25, 0.3) is 0 Å². The lowest BCUT2D eigenvalue weighted by molar-refractivity contribution is 0.0433. The minimum atomic E-state index is -0.104. The lowest BCUT2D eigenvalue weighted by Crippen LogP contribution is -2.05. The van der Waals surface area contributed by atoms with E-state index in [9.17, 15) is 0 Å². The van der Waals surface area contributed by atoms with Crippen LogP contribution in [0.3, 0.4) is 0 Å². The van der Waals surface area contributed by atoms with Gasteiger partial charge in [0, 0.05) is 5.56 Å². The van der Waals surface area contributed by atoms with Crippen LogP contribution < -0.4 is 10.5 Å². The third-order valence-corrected chi connectivity index (χ3v) is 3.64. The third-order valence-electron chi connectivity index (χ3n) is 3.64. The Morgan fingerprint density at radius 3 is 2.84 bits per heavy atom. The van der Waals surface area contributed by atoms with Gasteiger partial charge in [-0.15, -0.1) is 0 Å². The van der Waals surface area contributed by atoms with Crippen LogP contribution in [-0.4, -0.2) is 9.97 Å². The maximum Gasteiger partial charge on any atom is 0.237 e. The van der Waals surface area contributed by atoms with Gasteiger partial charge in [0.25, 0.3) is 0 Å². The molecule has 2 aliphatic rings. The van der Waals surface area contributed by atoms with Crippen LogP contribution in [0.2, 0.25) is 0 Å². The Bertz CT molecular complexity index is 636. The number of nitrogen functional groups attached to an aromatic ring is 1. The van der Waals surface area contributed by atoms with Gasteiger partial charge in [0.1, 0.15) is 11.6 Å². The summed E-state index contributed by atoms with van der Waals surface area (Å²) in [6, 6.07) is 6.01. The summed E-state index contributed by atoms with van der Waals surface area (Å²) >= 11 is 0. The van der Waals surface area contributed by atoms with E-state index in [4.69, 9.17) is 15.2 Å². The molecule has 2 aromatic rings. The summed E-state index contributed by atoms with van der Waals surface area (Å²) in [6.45, 7) is 0.667. The van der Waals surface area contributed by atoms with Crippen LogP contribution in [0.4, 0.5) is 5.82 Å². The summed E-state index contributed by atoms with van der Waals surface area (Å²) < 4.78 is 11.7. The maximum absolute atomic E-state index is 5.88. The first-order chi connectivity index (χ1) is 9.27. The van der Waals surface area contributed by atoms with E-state index in [1.54, 1.807) is 0 Å². The maximum atomic E-state index is 5.88. The van der Waals surface area contributed by atoms with Crippen LogP contribution in [0.1, 0.15) is 24.0 Å². The van der Waals surface area contributed by atoms with E-state index in [1.807, 2.05) is 12.1 Å². The van der Waals surface area contributed by atoms with Gasteiger partial charge in [-0.05, 0) is 24.5 Å². The number of hydrogen-bond donors (Lipinski definition) is 1. The minimum Gasteiger partial charge on any atom is -0.437 e. The van der Waals surface area contributed by atoms with E-state index in [0.29, 0.717) is 18.3 Å². The topological polar surface area (TPSA) is 70.3 Å². The van der Waals surface area contributed by atoms with Crippen LogP contribution >= 0.6 is 0 Å². The Morgan fingerprint density at radius 2 is 2.11 bits per heavy atom. The van der Waals surface area contributed by atoms with Gasteiger partial charge in [0.2, 0.25) is 5.88 Å². The molecule has 1 aromatic heterocycles. The fraction of sp³-hybridized carbons (Fsp3) is 0.286. The second kappa shape index (κ2) is 3.68. The van der Waals surface area contributed by atoms with Gasteiger partial charge in [-0.2, -0.15) is 0 Å². The predicted octanol–water partition coefficient (Wildman–Crippen LogP) is 2.37. The SMILES string of the molecule is Nc1cnc(Oc2cccc3c2C2(CC2)OC3)cn1. The summed E-state index contributed by atoms with van der Waals surface area (Å²) in [5.41, 5.74) is 7.79. The summed E-state index contributed by atoms with van der Waals surface area (Å²) in [7, 11) is 0. The lowest BCUT2D eigenvalue weighted by atomic mass is 10.0. The Kier molecular flexibility index (Phi) is 2.08. The second-order valence-electron chi connectivity index (χ2n) is 4.95. The van der Waals surface area contributed by atoms with Crippen LogP contribution in [-0.2, 0) is 16.9 Å². The first kappa shape index (κ1) is 10.8. The number of anilines is 1. The van der Waals surface area contributed by atoms with Gasteiger partial charge >= 0.3 is 0 Å². The van der Waals surface area contributed by atoms with Gasteiger partial charge in [-0.3, -0.25) is 0 Å². The molecule has 2 heterocycles. The molecule has 0 radical (unpaired) electrons. The van der Waals surface area contributed by atoms with Crippen LogP contribution in [0.5, 0.6) is 11.6 Å². The van der Waals surface area contributed by atoms with Crippen molar-refractivity contribution in [3.63, 3.8) is 0 Å². The zero-order valence-electron chi connectivity index (χ0n) is 10.3. The molecular weight excluding hydrogens is 242 g/mol. The van der Waals surface area contributed by atoms with Crippen molar-refractivity contribution in [3.05, 3.63) is 41.7 Å². The minimum absolute atomic E-state index is 0.104. The van der Waals surface area contributed by atoms with E-state index in [0.717, 1.165) is 18.6 Å². The zero-order chi connectivity index (χ0) is 12.9. The summed E-state index contributed by atoms with van der Waals surface area (Å²) in [5, 5.41) is 0. The van der Waals surface area contributed by atoms with Gasteiger partial charge in [0.15, 0.2) is 0 Å². The largest absolute Gasteiger partial charge is 0.437 e. The molecule has 0 atom stereocenters. The van der Waals surface area contributed by atoms with E-state index in [-0.39, 0.29) is 5.60 Å². The molecule has 1 spiro atoms. The van der Waals surface area contributed by atoms with Crippen molar-refractivity contribution < 1.29 is 9.47 Å². The molecule has 2 N–H and O–H groups in total. The fourth-order valence-electron chi connectivity index (χ4n) is 2.59. The standard InChI is InChI=1S/C14H13N3O2/c15-11-6-17-12(7-16-11)19-10-3-1-2-9-8-18-14(4-5-14)13(9)10/h1-3,6-7H,4-5,8H2,(H2,15,16). The Labute approximate surface area is 110 Å². The van der Waals surface area contributed by atoms with Gasteiger partial charge in [-0.1, -0.05) is 12.1 Å². The number of aromatic nitrogens is 2. The molecule has 0 amide bonds. The lowest BCUT2D eigenvalue weighted by Gasteiger charge is -2.13. The Balaban J connectivity index is 1.73. The van der Waals surface area contributed by atoms with Crippen molar-refractivity contribution in [2.24, 2.45) is 0 Å². The number of fused-ring (bicyclic) bond motifs is 2. The van der Waals surface area contributed by atoms with E-state index >= 15 is 0 Å². The number of nitrogens with zero attached hydrogens (tertiary/aromatic N) is 2. The van der Waals surface area contributed by atoms with Crippen molar-refractivity contribution >= 4 is 5.82 Å². The van der Waals surface area contributed by atoms with E-state index in [1.165, 1.54) is 23.5 Å². The first-order valence-corrected chi connectivity index (χ1v) is 6.29. The predicted molar refractivity (Wildman–Crippen MR) is 68.7 cm³/mol. The molecule has 5 nitrogen and oxygen atoms in total. The second-order valence-corrected chi connectivity index (χ2v) is 4.95. The number of rotatable bonds is 2. The van der Waals surface area contributed by atoms with Crippen LogP contribution in [0.15, 0.2) is 30.6 Å². The molecule has 19 heavy (non-hydrogen) atoms. The number of nitrogens with two attached hydrogens (primary N) is 1. The van der Waals surface area contributed by atoms with Gasteiger partial charge < -0.3 is 15.2 Å². The van der Waals surface area contributed by atoms with Crippen molar-refractivity contribution in [1.29, 1.82) is 0 Å². The number of hydrogen-bond acceptors (Lipinski definition) is 5. The normalized spacial score (nSPS) is 18.3. The fourth-order valence-corrected chi connectivity index (χ4v) is 2.59. The number of ether oxygens (including phenoxy) is 2. The van der Waals surface area contributed by atoms with Crippen molar-refractivity contribution in [2.45, 2.75) is 25.0 Å². The zero-order valence-corrected chi connectivity index (χ0v) is 10.3. The van der Waals surface area contributed by atoms with E-state index in [2.05, 4.69) is 16.0 Å². The van der Waals surface area contributed by atoms with Crippen LogP contribution in [0, 0.1) is 0 Å².